The minimum atomic E-state index is 0. The third kappa shape index (κ3) is 19.8. The van der Waals surface area contributed by atoms with Crippen molar-refractivity contribution in [2.75, 3.05) is 0 Å². The first-order chi connectivity index (χ1) is 27.7. The predicted octanol–water partition coefficient (Wildman–Crippen LogP) is 10.1. The van der Waals surface area contributed by atoms with Crippen molar-refractivity contribution in [2.45, 2.75) is 83.1 Å². The fourth-order valence-electron chi connectivity index (χ4n) is 5.01. The van der Waals surface area contributed by atoms with E-state index in [-0.39, 0.29) is 64.2 Å². The molecule has 6 N–H and O–H groups in total. The first kappa shape index (κ1) is 59.7. The number of hydrogen-bond acceptors (Lipinski definition) is 12. The summed E-state index contributed by atoms with van der Waals surface area (Å²) in [6.07, 6.45) is 0. The van der Waals surface area contributed by atoms with Gasteiger partial charge in [-0.15, -0.1) is 0 Å². The van der Waals surface area contributed by atoms with Gasteiger partial charge in [0.2, 0.25) is 0 Å². The molecule has 0 saturated carbocycles. The zero-order valence-electron chi connectivity index (χ0n) is 35.9. The minimum Gasteiger partial charge on any atom is -0.471 e. The fourth-order valence-corrected chi connectivity index (χ4v) is 6.12. The van der Waals surface area contributed by atoms with Crippen LogP contribution in [0.5, 0.6) is 0 Å². The molecule has 0 aromatic carbocycles. The Balaban J connectivity index is 0. The number of nitrogens with zero attached hydrogens (tertiary/aromatic N) is 12. The van der Waals surface area contributed by atoms with Crippen LogP contribution in [0.1, 0.15) is 68.3 Å². The van der Waals surface area contributed by atoms with Crippen LogP contribution >= 0.6 is 73.3 Å². The summed E-state index contributed by atoms with van der Waals surface area (Å²) in [6.45, 7) is 22.5. The van der Waals surface area contributed by atoms with Gasteiger partial charge in [-0.25, -0.2) is 0 Å². The van der Waals surface area contributed by atoms with E-state index in [1.807, 2.05) is 119 Å². The van der Waals surface area contributed by atoms with E-state index in [0.29, 0.717) is 0 Å². The van der Waals surface area contributed by atoms with Gasteiger partial charge in [0.15, 0.2) is 0 Å². The maximum absolute atomic E-state index is 7.10. The minimum absolute atomic E-state index is 0. The summed E-state index contributed by atoms with van der Waals surface area (Å²) >= 11 is 27.8. The number of thiocarbonyl (C=S) groups is 6. The first-order valence-corrected chi connectivity index (χ1v) is 19.9. The SMILES string of the molecule is Cc1cc(C)n(C([NH-])=S)n1.Cc1cc(C)n(C([NH-])=S)n1.Cc1cc(C)n(C([NH-])=S)n1.Cc1cc(C)n(C([NH-])=S)n1.Cc1cc(C)n(C([NH-])=S)n1.Cc1cc(C)n(C([NH-])=S)n1.[Co+3].[Co+3]. The third-order valence-electron chi connectivity index (χ3n) is 7.21. The Kier molecular flexibility index (Phi) is 26.6. The summed E-state index contributed by atoms with van der Waals surface area (Å²) in [7, 11) is 0. The topological polar surface area (TPSA) is 250 Å². The molecule has 0 saturated heterocycles. The van der Waals surface area contributed by atoms with Crippen LogP contribution in [0.2, 0.25) is 0 Å². The average molecular weight is 1040 g/mol. The van der Waals surface area contributed by atoms with Crippen molar-refractivity contribution in [3.8, 4) is 0 Å². The summed E-state index contributed by atoms with van der Waals surface area (Å²) in [5.41, 5.74) is 53.5. The summed E-state index contributed by atoms with van der Waals surface area (Å²) < 4.78 is 8.61. The molecule has 0 atom stereocenters. The number of rotatable bonds is 0. The van der Waals surface area contributed by atoms with Gasteiger partial charge in [0.1, 0.15) is 0 Å². The Hall–Kier alpha value is -4.39. The number of aromatic nitrogens is 12. The van der Waals surface area contributed by atoms with Crippen molar-refractivity contribution in [2.24, 2.45) is 0 Å². The molecule has 62 heavy (non-hydrogen) atoms. The van der Waals surface area contributed by atoms with Crippen LogP contribution in [0.15, 0.2) is 36.4 Å². The molecule has 6 aromatic rings. The molecule has 6 rings (SSSR count). The van der Waals surface area contributed by atoms with Crippen LogP contribution in [0.4, 0.5) is 0 Å². The van der Waals surface area contributed by atoms with Gasteiger partial charge in [0.25, 0.3) is 0 Å². The van der Waals surface area contributed by atoms with Crippen LogP contribution < -0.4 is 0 Å². The molecule has 0 fully saturated rings. The average Bonchev–Trinajstić information content (AvgIpc) is 3.96. The van der Waals surface area contributed by atoms with Gasteiger partial charge in [0.05, 0.1) is 0 Å². The van der Waals surface area contributed by atoms with E-state index in [0.717, 1.165) is 68.3 Å². The van der Waals surface area contributed by atoms with Crippen LogP contribution in [0.3, 0.4) is 0 Å². The zero-order valence-corrected chi connectivity index (χ0v) is 42.9. The maximum Gasteiger partial charge on any atom is 3.00 e. The van der Waals surface area contributed by atoms with E-state index >= 15 is 0 Å². The molecule has 26 heteroatoms. The molecule has 0 spiro atoms. The number of nitrogens with one attached hydrogen (secondary N) is 6. The Bertz CT molecular complexity index is 2030. The monoisotopic (exact) mass is 1040 g/mol. The second-order valence-electron chi connectivity index (χ2n) is 12.9. The van der Waals surface area contributed by atoms with Crippen LogP contribution in [-0.2, 0) is 33.6 Å². The molecule has 0 aliphatic rings. The molecule has 0 unspecified atom stereocenters. The maximum atomic E-state index is 7.10. The van der Waals surface area contributed by atoms with E-state index < -0.39 is 0 Å². The largest absolute Gasteiger partial charge is 3.00 e. The van der Waals surface area contributed by atoms with Gasteiger partial charge in [-0.3, -0.25) is 30.6 Å². The van der Waals surface area contributed by atoms with Crippen LogP contribution in [0, 0.1) is 83.1 Å². The summed E-state index contributed by atoms with van der Waals surface area (Å²) in [6, 6.07) is 11.3. The van der Waals surface area contributed by atoms with E-state index in [1.54, 1.807) is 0 Å². The molecule has 6 heterocycles. The molecule has 6 aromatic heterocycles. The molecule has 18 nitrogen and oxygen atoms in total. The quantitative estimate of drug-likeness (QED) is 0.129. The number of hydrogen-bond donors (Lipinski definition) is 0. The predicted molar refractivity (Wildman–Crippen MR) is 264 cm³/mol. The first-order valence-electron chi connectivity index (χ1n) is 17.4. The molecular weight excluding hydrogens is 995 g/mol. The number of aryl methyl sites for hydroxylation is 12. The second kappa shape index (κ2) is 27.6. The smallest absolute Gasteiger partial charge is 0.471 e. The molecular formula is C36H48Co2N18S6. The van der Waals surface area contributed by atoms with Crippen molar-refractivity contribution < 1.29 is 33.6 Å². The van der Waals surface area contributed by atoms with E-state index in [2.05, 4.69) is 104 Å². The summed E-state index contributed by atoms with van der Waals surface area (Å²) in [5, 5.41) is 24.3. The Morgan fingerprint density at radius 3 is 0.419 bits per heavy atom. The van der Waals surface area contributed by atoms with Crippen molar-refractivity contribution >= 4 is 104 Å². The van der Waals surface area contributed by atoms with E-state index in [4.69, 9.17) is 34.4 Å². The molecule has 0 aliphatic carbocycles. The Morgan fingerprint density at radius 2 is 0.387 bits per heavy atom. The fraction of sp³-hybridized carbons (Fsp3) is 0.333. The van der Waals surface area contributed by atoms with Crippen molar-refractivity contribution in [1.82, 2.24) is 58.7 Å². The van der Waals surface area contributed by atoms with Gasteiger partial charge in [-0.05, 0) is 154 Å². The normalized spacial score (nSPS) is 9.48. The standard InChI is InChI=1S/6C6H9N3S.2Co/c6*1-4-3-5(2)9(8-4)6(7)10;;/h6*3H,1-2H3,(H2,7,10);;/q;;;;;;2*+3/p-6. The zero-order chi connectivity index (χ0) is 46.3. The van der Waals surface area contributed by atoms with Gasteiger partial charge in [-0.1, -0.05) is 73.3 Å². The third-order valence-corrected chi connectivity index (χ3v) is 8.25. The van der Waals surface area contributed by atoms with Gasteiger partial charge in [0, 0.05) is 64.8 Å². The van der Waals surface area contributed by atoms with Crippen molar-refractivity contribution in [3.63, 3.8) is 0 Å². The molecule has 0 radical (unpaired) electrons. The van der Waals surface area contributed by atoms with Gasteiger partial charge < -0.3 is 62.5 Å². The molecule has 0 aliphatic heterocycles. The van der Waals surface area contributed by atoms with E-state index in [1.165, 1.54) is 28.1 Å². The second-order valence-corrected chi connectivity index (χ2v) is 15.2. The molecule has 336 valence electrons. The summed E-state index contributed by atoms with van der Waals surface area (Å²) in [4.78, 5) is 0. The van der Waals surface area contributed by atoms with Crippen LogP contribution in [0.25, 0.3) is 34.4 Å². The molecule has 0 bridgehead atoms. The van der Waals surface area contributed by atoms with Crippen molar-refractivity contribution in [1.29, 1.82) is 0 Å². The Labute approximate surface area is 415 Å². The van der Waals surface area contributed by atoms with Gasteiger partial charge >= 0.3 is 33.6 Å². The Morgan fingerprint density at radius 1 is 0.290 bits per heavy atom. The van der Waals surface area contributed by atoms with Gasteiger partial charge in [-0.2, -0.15) is 0 Å². The van der Waals surface area contributed by atoms with E-state index in [9.17, 15) is 0 Å². The molecule has 0 amide bonds. The summed E-state index contributed by atoms with van der Waals surface area (Å²) in [5.74, 6) is 0. The van der Waals surface area contributed by atoms with Crippen molar-refractivity contribution in [3.05, 3.63) is 139 Å². The van der Waals surface area contributed by atoms with Crippen LogP contribution in [-0.4, -0.2) is 89.4 Å².